The number of ether oxygens (including phenoxy) is 2. The average Bonchev–Trinajstić information content (AvgIpc) is 3.83. The molecule has 2 radical (unpaired) electrons. The number of carbonyl (C=O) groups is 2. The standard InChI is InChI=1S/C14H11FN3O4S2.C14H13FN3O2S2.2Ac/c15-10-5-8(17-7-9(6-16)22-14(17)19)1-2-12(10)24-13-11(18(20)21)3-4-23-13;1-8-6-17-13(21-8)22-12-3-2-9(4-11(12)15)18-7-10(5-16)20-14(18)19;;/h1-5,9,16H,6-7H2;2-4,6,10,16H,5,7H2,1H3;;/q2*-1;;/t9-;10-;;/m00../s1. The molecular formula is C28H24Ac2F2N6O6S4-2. The van der Waals surface area contributed by atoms with Gasteiger partial charge in [0, 0.05) is 110 Å². The van der Waals surface area contributed by atoms with E-state index in [1.54, 1.807) is 29.8 Å². The Hall–Kier alpha value is -0.927. The third kappa shape index (κ3) is 10.3. The molecule has 4 aromatic rings. The van der Waals surface area contributed by atoms with E-state index in [1.165, 1.54) is 57.2 Å². The number of aromatic nitrogens is 1. The first-order valence-corrected chi connectivity index (χ1v) is 16.7. The van der Waals surface area contributed by atoms with Crippen LogP contribution in [0, 0.1) is 117 Å². The fourth-order valence-electron chi connectivity index (χ4n) is 4.23. The molecule has 0 bridgehead atoms. The van der Waals surface area contributed by atoms with Crippen LogP contribution < -0.4 is 9.80 Å². The van der Waals surface area contributed by atoms with Gasteiger partial charge < -0.3 is 20.9 Å². The molecular weight excluding hydrogens is 1140 g/mol. The van der Waals surface area contributed by atoms with Gasteiger partial charge in [-0.2, -0.15) is 0 Å². The van der Waals surface area contributed by atoms with Gasteiger partial charge in [-0.15, -0.1) is 35.8 Å². The minimum absolute atomic E-state index is 0. The van der Waals surface area contributed by atoms with Gasteiger partial charge in [0.15, 0.2) is 4.34 Å². The van der Waals surface area contributed by atoms with Gasteiger partial charge in [-0.1, -0.05) is 23.5 Å². The number of cyclic esters (lactones) is 2. The molecule has 48 heavy (non-hydrogen) atoms. The fourth-order valence-corrected chi connectivity index (χ4v) is 8.09. The van der Waals surface area contributed by atoms with Crippen LogP contribution in [0.25, 0.3) is 11.5 Å². The number of nitro groups is 1. The van der Waals surface area contributed by atoms with Crippen LogP contribution in [0.4, 0.5) is 35.4 Å². The molecule has 2 N–H and O–H groups in total. The van der Waals surface area contributed by atoms with E-state index in [0.29, 0.717) is 20.5 Å². The molecule has 248 valence electrons. The molecule has 20 heteroatoms. The van der Waals surface area contributed by atoms with E-state index in [4.69, 9.17) is 20.9 Å². The average molecular weight is 1160 g/mol. The summed E-state index contributed by atoms with van der Waals surface area (Å²) in [5, 5.41) is 12.5. The fraction of sp³-hybridized carbons (Fsp3) is 0.250. The van der Waals surface area contributed by atoms with E-state index < -0.39 is 41.0 Å². The van der Waals surface area contributed by atoms with Crippen LogP contribution in [0.2, 0.25) is 0 Å². The summed E-state index contributed by atoms with van der Waals surface area (Å²) in [5.41, 5.74) is 15.2. The Kier molecular flexibility index (Phi) is 16.5. The van der Waals surface area contributed by atoms with Crippen LogP contribution in [0.15, 0.2) is 72.4 Å². The first kappa shape index (κ1) is 41.5. The number of rotatable bonds is 9. The van der Waals surface area contributed by atoms with Crippen molar-refractivity contribution in [3.8, 4) is 0 Å². The second-order valence-electron chi connectivity index (χ2n) is 9.66. The molecule has 2 aliphatic rings. The summed E-state index contributed by atoms with van der Waals surface area (Å²) in [4.78, 5) is 42.4. The Morgan fingerprint density at radius 2 is 1.46 bits per heavy atom. The van der Waals surface area contributed by atoms with Gasteiger partial charge in [-0.05, 0) is 48.7 Å². The quantitative estimate of drug-likeness (QED) is 0.118. The van der Waals surface area contributed by atoms with Gasteiger partial charge in [-0.25, -0.2) is 23.4 Å². The number of nitrogens with one attached hydrogen (secondary N) is 2. The van der Waals surface area contributed by atoms with Crippen LogP contribution in [-0.2, 0) is 9.47 Å². The first-order chi connectivity index (χ1) is 22.1. The van der Waals surface area contributed by atoms with Gasteiger partial charge in [-0.3, -0.25) is 19.9 Å². The number of thiophene rings is 1. The Balaban J connectivity index is 0.000000251. The van der Waals surface area contributed by atoms with Gasteiger partial charge in [0.1, 0.15) is 28.1 Å². The van der Waals surface area contributed by atoms with Crippen molar-refractivity contribution in [2.75, 3.05) is 36.0 Å². The minimum Gasteiger partial charge on any atom is -0.674 e. The number of anilines is 2. The third-order valence-corrected chi connectivity index (χ3v) is 10.7. The van der Waals surface area contributed by atoms with Crippen molar-refractivity contribution in [1.82, 2.24) is 4.98 Å². The van der Waals surface area contributed by atoms with E-state index in [9.17, 15) is 28.5 Å². The number of benzene rings is 2. The van der Waals surface area contributed by atoms with E-state index in [1.807, 2.05) is 6.92 Å². The van der Waals surface area contributed by atoms with Crippen molar-refractivity contribution in [3.05, 3.63) is 92.1 Å². The predicted octanol–water partition coefficient (Wildman–Crippen LogP) is 8.44. The molecule has 2 amide bonds. The van der Waals surface area contributed by atoms with Crippen LogP contribution in [0.3, 0.4) is 0 Å². The summed E-state index contributed by atoms with van der Waals surface area (Å²) in [6, 6.07) is 10.2. The molecule has 4 heterocycles. The number of aryl methyl sites for hydroxylation is 1. The van der Waals surface area contributed by atoms with Crippen molar-refractivity contribution in [2.24, 2.45) is 0 Å². The van der Waals surface area contributed by atoms with Gasteiger partial charge in [0.2, 0.25) is 0 Å². The Morgan fingerprint density at radius 1 is 0.938 bits per heavy atom. The molecule has 0 saturated carbocycles. The van der Waals surface area contributed by atoms with Gasteiger partial charge in [0.25, 0.3) is 5.69 Å². The summed E-state index contributed by atoms with van der Waals surface area (Å²) in [7, 11) is 0. The normalized spacial score (nSPS) is 16.8. The van der Waals surface area contributed by atoms with Gasteiger partial charge >= 0.3 is 12.2 Å². The molecule has 0 unspecified atom stereocenters. The maximum atomic E-state index is 14.3. The maximum absolute atomic E-state index is 14.3. The van der Waals surface area contributed by atoms with Crippen molar-refractivity contribution < 1.29 is 121 Å². The zero-order valence-corrected chi connectivity index (χ0v) is 37.7. The Morgan fingerprint density at radius 3 is 1.88 bits per heavy atom. The largest absolute Gasteiger partial charge is 0.674 e. The zero-order valence-electron chi connectivity index (χ0n) is 25.0. The Bertz CT molecular complexity index is 1770. The molecule has 12 nitrogen and oxygen atoms in total. The number of amides is 2. The molecule has 0 spiro atoms. The number of carbonyl (C=O) groups excluding carboxylic acids is 2. The Labute approximate surface area is 361 Å². The topological polar surface area (TPSA) is 163 Å². The van der Waals surface area contributed by atoms with Crippen molar-refractivity contribution >= 4 is 75.4 Å². The summed E-state index contributed by atoms with van der Waals surface area (Å²) >= 11 is 4.90. The molecule has 2 atom stereocenters. The summed E-state index contributed by atoms with van der Waals surface area (Å²) in [5.74, 6) is -0.986. The van der Waals surface area contributed by atoms with Crippen LogP contribution in [0.5, 0.6) is 0 Å². The van der Waals surface area contributed by atoms with Crippen molar-refractivity contribution in [3.63, 3.8) is 0 Å². The van der Waals surface area contributed by atoms with Crippen molar-refractivity contribution in [2.45, 2.75) is 37.5 Å². The van der Waals surface area contributed by atoms with Crippen LogP contribution in [0.1, 0.15) is 4.88 Å². The maximum Gasteiger partial charge on any atom is 0.414 e. The number of hydrogen-bond acceptors (Lipinski definition) is 11. The number of thiazole rings is 1. The molecule has 2 aromatic carbocycles. The molecule has 2 aromatic heterocycles. The third-order valence-electron chi connectivity index (χ3n) is 6.46. The molecule has 6 rings (SSSR count). The molecule has 2 fully saturated rings. The summed E-state index contributed by atoms with van der Waals surface area (Å²) in [6.45, 7) is 2.37. The first-order valence-electron chi connectivity index (χ1n) is 13.4. The molecule has 0 aliphatic carbocycles. The number of nitrogens with zero attached hydrogens (tertiary/aromatic N) is 4. The van der Waals surface area contributed by atoms with Crippen LogP contribution >= 0.6 is 46.2 Å². The van der Waals surface area contributed by atoms with Gasteiger partial charge in [0.05, 0.1) is 34.3 Å². The number of halogens is 2. The van der Waals surface area contributed by atoms with E-state index in [0.717, 1.165) is 32.3 Å². The molecule has 2 aliphatic heterocycles. The zero-order chi connectivity index (χ0) is 33.0. The van der Waals surface area contributed by atoms with E-state index >= 15 is 0 Å². The second-order valence-corrected chi connectivity index (χ2v) is 14.4. The smallest absolute Gasteiger partial charge is 0.414 e. The minimum atomic E-state index is -0.610. The monoisotopic (exact) mass is 1160 g/mol. The SMILES string of the molecule is Cc1cnc(Sc2ccc(N3C[C@H](C[NH-])OC3=O)cc2F)s1.[Ac].[Ac].[NH-]C[C@H]1CN(c2ccc(Sc3sccc3[N+](=O)[O-])c(F)c2)C(=O)O1. The predicted molar refractivity (Wildman–Crippen MR) is 172 cm³/mol. The summed E-state index contributed by atoms with van der Waals surface area (Å²) < 4.78 is 39.7. The van der Waals surface area contributed by atoms with Crippen molar-refractivity contribution in [1.29, 1.82) is 0 Å². The van der Waals surface area contributed by atoms with E-state index in [2.05, 4.69) is 4.98 Å². The van der Waals surface area contributed by atoms with E-state index in [-0.39, 0.29) is 125 Å². The number of hydrogen-bond donors (Lipinski definition) is 0. The second kappa shape index (κ2) is 19.1. The van der Waals surface area contributed by atoms with Crippen LogP contribution in [-0.4, -0.2) is 60.5 Å². The summed E-state index contributed by atoms with van der Waals surface area (Å²) in [6.07, 6.45) is -0.375. The molecule has 2 saturated heterocycles.